The molecule has 6 aromatic carbocycles. The molecule has 0 radical (unpaired) electrons. The van der Waals surface area contributed by atoms with Crippen molar-refractivity contribution in [3.8, 4) is 0 Å². The van der Waals surface area contributed by atoms with Crippen molar-refractivity contribution < 1.29 is 133 Å². The molecule has 0 saturated carbocycles. The first-order chi connectivity index (χ1) is 62.4. The van der Waals surface area contributed by atoms with Gasteiger partial charge in [-0.05, 0) is 111 Å². The Kier molecular flexibility index (Phi) is 18.1. The Balaban J connectivity index is 0.000000137. The highest BCUT2D eigenvalue weighted by Crippen LogP contribution is 2.39. The molecule has 0 bridgehead atoms. The van der Waals surface area contributed by atoms with Crippen LogP contribution in [0, 0.1) is 34.9 Å². The number of nitrogens with one attached hydrogen (secondary N) is 6. The number of hydrogen-bond acceptors (Lipinski definition) is 24. The lowest BCUT2D eigenvalue weighted by molar-refractivity contribution is -0.138. The lowest BCUT2D eigenvalue weighted by Crippen LogP contribution is -2.52. The third kappa shape index (κ3) is 16.6. The predicted octanol–water partition coefficient (Wildman–Crippen LogP) is 1.01. The van der Waals surface area contributed by atoms with Gasteiger partial charge in [0.2, 0.25) is 70.9 Å². The van der Waals surface area contributed by atoms with Crippen LogP contribution in [0.15, 0.2) is 72.8 Å². The highest BCUT2D eigenvalue weighted by atomic mass is 19.1. The van der Waals surface area contributed by atoms with E-state index in [1.54, 1.807) is 0 Å². The summed E-state index contributed by atoms with van der Waals surface area (Å²) >= 11 is 0. The van der Waals surface area contributed by atoms with Gasteiger partial charge in [-0.25, -0.2) is 26.3 Å². The van der Waals surface area contributed by atoms with E-state index in [-0.39, 0.29) is 178 Å². The molecule has 18 amide bonds. The van der Waals surface area contributed by atoms with Crippen molar-refractivity contribution in [3.05, 3.63) is 174 Å². The number of halogens is 6. The van der Waals surface area contributed by atoms with E-state index in [1.807, 2.05) is 16.0 Å². The first-order valence-corrected chi connectivity index (χ1v) is 35.6. The molecule has 624 valence electrons. The topological polar surface area (TPSA) is 555 Å². The van der Waals surface area contributed by atoms with Crippen molar-refractivity contribution in [2.24, 2.45) is 0 Å². The number of carbonyl (C=O) groups is 18. The fourth-order valence-corrected chi connectivity index (χ4v) is 13.8. The molecule has 120 heavy (non-hydrogen) atoms. The Morgan fingerprint density at radius 2 is 0.408 bits per heavy atom. The van der Waals surface area contributed by atoms with Crippen molar-refractivity contribution in [3.63, 3.8) is 0 Å². The molecule has 6 fully saturated rings. The van der Waals surface area contributed by atoms with Crippen LogP contribution in [0.5, 0.6) is 0 Å². The number of imide groups is 6. The number of carbonyl (C=O) groups excluding carboxylic acids is 18. The van der Waals surface area contributed by atoms with Crippen LogP contribution in [-0.2, 0) is 96.5 Å². The molecule has 12 heterocycles. The fraction of sp³-hybridized carbons (Fsp3) is 0.308. The molecule has 18 N–H and O–H groups in total. The quantitative estimate of drug-likeness (QED) is 0.0629. The van der Waals surface area contributed by atoms with E-state index in [0.717, 1.165) is 87.5 Å². The lowest BCUT2D eigenvalue weighted by atomic mass is 10.0. The van der Waals surface area contributed by atoms with Crippen molar-refractivity contribution in [1.82, 2.24) is 61.3 Å². The molecule has 18 rings (SSSR count). The predicted molar refractivity (Wildman–Crippen MR) is 401 cm³/mol. The van der Waals surface area contributed by atoms with Crippen molar-refractivity contribution in [2.45, 2.75) is 152 Å². The third-order valence-corrected chi connectivity index (χ3v) is 19.5. The number of rotatable bonds is 6. The number of amides is 18. The summed E-state index contributed by atoms with van der Waals surface area (Å²) in [6, 6.07) is 0.158. The van der Waals surface area contributed by atoms with Gasteiger partial charge >= 0.3 is 0 Å². The van der Waals surface area contributed by atoms with Crippen LogP contribution in [0.3, 0.4) is 0 Å². The zero-order chi connectivity index (χ0) is 100. The highest BCUT2D eigenvalue weighted by Gasteiger charge is 2.47. The van der Waals surface area contributed by atoms with Crippen molar-refractivity contribution >= 4 is 140 Å². The Morgan fingerprint density at radius 1 is 0.250 bits per heavy atom. The minimum Gasteiger partial charge on any atom is -0.398 e. The lowest BCUT2D eigenvalue weighted by Gasteiger charge is -2.29. The first-order valence-electron chi connectivity index (χ1n) is 43.1. The van der Waals surface area contributed by atoms with Crippen LogP contribution < -0.4 is 66.3 Å². The number of nitrogens with two attached hydrogens (primary N) is 6. The van der Waals surface area contributed by atoms with Crippen LogP contribution in [0.25, 0.3) is 0 Å². The van der Waals surface area contributed by atoms with Crippen LogP contribution in [0.4, 0.5) is 60.5 Å². The summed E-state index contributed by atoms with van der Waals surface area (Å²) in [4.78, 5) is 218. The Morgan fingerprint density at radius 3 is 0.583 bits per heavy atom. The summed E-state index contributed by atoms with van der Waals surface area (Å²) in [5.41, 5.74) is 29.5. The fourth-order valence-electron chi connectivity index (χ4n) is 13.8. The van der Waals surface area contributed by atoms with E-state index >= 15 is 0 Å². The summed E-state index contributed by atoms with van der Waals surface area (Å²) < 4.78 is 203. The van der Waals surface area contributed by atoms with Gasteiger partial charge in [-0.15, -0.1) is 0 Å². The van der Waals surface area contributed by atoms with Crippen LogP contribution in [0.2, 0.25) is 0 Å². The molecule has 0 aromatic heterocycles. The number of nitrogens with zero attached hydrogens (tertiary/aromatic N) is 6. The second-order valence-corrected chi connectivity index (χ2v) is 27.5. The second-order valence-electron chi connectivity index (χ2n) is 27.5. The number of benzene rings is 6. The Hall–Kier alpha value is -14.6. The average molecular weight is 1680 g/mol. The van der Waals surface area contributed by atoms with E-state index in [1.165, 1.54) is 0 Å². The second kappa shape index (κ2) is 33.2. The van der Waals surface area contributed by atoms with Crippen molar-refractivity contribution in [1.29, 1.82) is 0 Å². The maximum atomic E-state index is 13.5. The van der Waals surface area contributed by atoms with Crippen LogP contribution >= 0.6 is 0 Å². The van der Waals surface area contributed by atoms with Gasteiger partial charge in [-0.2, -0.15) is 0 Å². The number of piperidine rings is 6. The molecule has 12 aliphatic rings. The normalized spacial score (nSPS) is 28.1. The SMILES string of the molecule is [2H]C1(N2C(=O)c3cc(F)cc(N)c3C2([2H])[2H])CCC(=O)NC1=O.[2H]C1([2H])c2c(N)cc(F)cc2C(=O)N1C1CCC(=O)NC1=O.[2H]C1([2H])c2c(N)cc(F)cc2C(=O)N1[C@@H]1CCC(=O)NC1=O.[2H]C1([2H])c2c(N)cc(F)cc2C(=O)N1[C@@]1([2H])CCC(=O)NC1=O.[2H]C1([2H])c2c(N)cc(F)cc2C(=O)N1[C@H]1CCC(=O)NC1=O.[2H]C1([2H])c2c(N)cc(F)cc2C(=O)N1[C@]1([2H])CCC(=O)NC1=O. The molecule has 0 spiro atoms. The maximum absolute atomic E-state index is 13.5. The molecule has 6 atom stereocenters. The van der Waals surface area contributed by atoms with E-state index < -0.39 is 216 Å². The Bertz CT molecular complexity index is 5820. The summed E-state index contributed by atoms with van der Waals surface area (Å²) in [7, 11) is 0. The monoisotopic (exact) mass is 1680 g/mol. The molecule has 6 saturated heterocycles. The molecule has 6 aromatic rings. The Labute approximate surface area is 694 Å². The van der Waals surface area contributed by atoms with Gasteiger partial charge < -0.3 is 63.8 Å². The van der Waals surface area contributed by atoms with Crippen LogP contribution in [0.1, 0.15) is 193 Å². The standard InChI is InChI=1S/6C13H12FN3O3/c6*14-6-3-7-8(9(15)4-6)5-17(13(7)20)10-1-2-11(18)16-12(10)19/h6*3-4,10H,1-2,5,15H2,(H,16,18,19)/t4*10-;;/m1100../s1/i5D2,10D;5D2;5D2,10D;5D2;5D2,10D;5D2. The van der Waals surface area contributed by atoms with Gasteiger partial charge in [0.25, 0.3) is 35.4 Å². The van der Waals surface area contributed by atoms with Gasteiger partial charge in [-0.1, -0.05) is 0 Å². The number of anilines is 6. The van der Waals surface area contributed by atoms with Crippen LogP contribution in [-0.4, -0.2) is 172 Å². The molecule has 36 nitrogen and oxygen atoms in total. The molecule has 42 heteroatoms. The van der Waals surface area contributed by atoms with Gasteiger partial charge in [0.15, 0.2) is 0 Å². The zero-order valence-electron chi connectivity index (χ0n) is 76.4. The summed E-state index contributed by atoms with van der Waals surface area (Å²) in [5, 5.41) is 12.0. The molecule has 0 aliphatic carbocycles. The highest BCUT2D eigenvalue weighted by molar-refractivity contribution is 6.12. The van der Waals surface area contributed by atoms with E-state index in [9.17, 15) is 113 Å². The largest absolute Gasteiger partial charge is 0.398 e. The number of hydrogen-bond donors (Lipinski definition) is 12. The first kappa shape index (κ1) is 65.5. The summed E-state index contributed by atoms with van der Waals surface area (Å²) in [5.74, 6) is -19.0. The molecule has 2 unspecified atom stereocenters. The maximum Gasteiger partial charge on any atom is 0.255 e. The third-order valence-electron chi connectivity index (χ3n) is 19.5. The molecular formula is C78H72F6N18O18. The minimum absolute atomic E-state index is 0.00352. The zero-order valence-corrected chi connectivity index (χ0v) is 61.4. The summed E-state index contributed by atoms with van der Waals surface area (Å²) in [6.45, 7) is -14.8. The molecular weight excluding hydrogens is 1590 g/mol. The van der Waals surface area contributed by atoms with Gasteiger partial charge in [0.05, 0.1) is 20.6 Å². The van der Waals surface area contributed by atoms with E-state index in [2.05, 4.69) is 16.0 Å². The van der Waals surface area contributed by atoms with E-state index in [0.29, 0.717) is 14.7 Å². The average Bonchev–Trinajstić information content (AvgIpc) is 1.55. The number of fused-ring (bicyclic) bond motifs is 6. The number of nitrogen functional groups attached to an aromatic ring is 6. The summed E-state index contributed by atoms with van der Waals surface area (Å²) in [6.07, 6.45) is -1.72. The minimum atomic E-state index is -2.58. The van der Waals surface area contributed by atoms with Crippen molar-refractivity contribution in [2.75, 3.05) is 34.4 Å². The van der Waals surface area contributed by atoms with Gasteiger partial charge in [-0.3, -0.25) is 118 Å². The smallest absolute Gasteiger partial charge is 0.255 e. The van der Waals surface area contributed by atoms with Gasteiger partial charge in [0.1, 0.15) is 71.1 Å². The van der Waals surface area contributed by atoms with E-state index in [4.69, 9.17) is 55.0 Å². The van der Waals surface area contributed by atoms with Gasteiger partial charge in [0, 0.05) is 178 Å². The molecule has 12 aliphatic heterocycles.